The van der Waals surface area contributed by atoms with Crippen LogP contribution in [0.4, 0.5) is 0 Å². The molecule has 0 radical (unpaired) electrons. The second-order valence-corrected chi connectivity index (χ2v) is 8.94. The first-order valence-electron chi connectivity index (χ1n) is 12.3. The highest BCUT2D eigenvalue weighted by molar-refractivity contribution is 6.23. The van der Waals surface area contributed by atoms with E-state index in [1.54, 1.807) is 0 Å². The van der Waals surface area contributed by atoms with Gasteiger partial charge in [0.1, 0.15) is 0 Å². The van der Waals surface area contributed by atoms with Crippen molar-refractivity contribution in [1.29, 1.82) is 0 Å². The summed E-state index contributed by atoms with van der Waals surface area (Å²) >= 11 is 0. The van der Waals surface area contributed by atoms with Crippen LogP contribution >= 0.6 is 0 Å². The average Bonchev–Trinajstić information content (AvgIpc) is 2.92. The number of hydrogen-bond acceptors (Lipinski definition) is 4. The van der Waals surface area contributed by atoms with Crippen LogP contribution in [0.15, 0.2) is 84.9 Å². The molecule has 0 saturated carbocycles. The molecule has 3 N–H and O–H groups in total. The minimum atomic E-state index is -1.32. The third kappa shape index (κ3) is 5.95. The normalized spacial score (nSPS) is 10.7. The number of rotatable bonds is 11. The molecule has 0 unspecified atom stereocenters. The van der Waals surface area contributed by atoms with Crippen LogP contribution in [-0.2, 0) is 12.8 Å². The number of aryl methyl sites for hydroxylation is 1. The maximum atomic E-state index is 13.3. The molecular weight excluding hydrogens is 482 g/mol. The van der Waals surface area contributed by atoms with E-state index in [1.807, 2.05) is 60.7 Å². The Morgan fingerprint density at radius 3 is 1.61 bits per heavy atom. The van der Waals surface area contributed by atoms with Gasteiger partial charge in [0.05, 0.1) is 11.1 Å². The van der Waals surface area contributed by atoms with Gasteiger partial charge in [-0.3, -0.25) is 9.59 Å². The predicted molar refractivity (Wildman–Crippen MR) is 144 cm³/mol. The number of Topliss-reactive ketones (excluding diaryl/α,β-unsaturated/α-hetero) is 1. The number of carbonyl (C=O) groups is 4. The Kier molecular flexibility index (Phi) is 8.28. The zero-order valence-corrected chi connectivity index (χ0v) is 20.6. The molecule has 38 heavy (non-hydrogen) atoms. The van der Waals surface area contributed by atoms with E-state index in [9.17, 15) is 29.4 Å². The number of fused-ring (bicyclic) bond motifs is 1. The fraction of sp³-hybridized carbons (Fsp3) is 0.161. The van der Waals surface area contributed by atoms with Gasteiger partial charge in [0.25, 0.3) is 5.91 Å². The van der Waals surface area contributed by atoms with Gasteiger partial charge in [-0.15, -0.1) is 0 Å². The third-order valence-corrected chi connectivity index (χ3v) is 6.42. The zero-order chi connectivity index (χ0) is 27.1. The Balaban J connectivity index is 1.69. The molecule has 0 bridgehead atoms. The SMILES string of the molecule is O=C(O)c1ccc(C(=O)NCCc2ccccc2)c2c(C(=O)O)ccc(C(=O)CCCc3ccccc3)c12. The van der Waals surface area contributed by atoms with E-state index < -0.39 is 17.8 Å². The maximum absolute atomic E-state index is 13.3. The van der Waals surface area contributed by atoms with Crippen molar-refractivity contribution in [1.82, 2.24) is 5.32 Å². The number of hydrogen-bond donors (Lipinski definition) is 3. The molecule has 4 aromatic carbocycles. The molecule has 4 aromatic rings. The van der Waals surface area contributed by atoms with Gasteiger partial charge in [0.15, 0.2) is 5.78 Å². The summed E-state index contributed by atoms with van der Waals surface area (Å²) in [6.45, 7) is 0.297. The van der Waals surface area contributed by atoms with Crippen LogP contribution < -0.4 is 5.32 Å². The van der Waals surface area contributed by atoms with Crippen LogP contribution in [0, 0.1) is 0 Å². The summed E-state index contributed by atoms with van der Waals surface area (Å²) in [6, 6.07) is 24.4. The third-order valence-electron chi connectivity index (χ3n) is 6.42. The quantitative estimate of drug-likeness (QED) is 0.232. The van der Waals surface area contributed by atoms with E-state index in [2.05, 4.69) is 5.32 Å². The van der Waals surface area contributed by atoms with E-state index in [4.69, 9.17) is 0 Å². The lowest BCUT2D eigenvalue weighted by atomic mass is 9.88. The number of carboxylic acid groups (broad SMARTS) is 2. The molecule has 0 fully saturated rings. The van der Waals surface area contributed by atoms with Crippen molar-refractivity contribution in [2.24, 2.45) is 0 Å². The summed E-state index contributed by atoms with van der Waals surface area (Å²) in [4.78, 5) is 50.7. The molecule has 7 heteroatoms. The number of benzene rings is 4. The molecule has 0 spiro atoms. The highest BCUT2D eigenvalue weighted by Crippen LogP contribution is 2.31. The first kappa shape index (κ1) is 26.3. The van der Waals surface area contributed by atoms with Crippen molar-refractivity contribution in [3.8, 4) is 0 Å². The molecule has 0 heterocycles. The molecular formula is C31H27NO6. The number of carboxylic acids is 2. The predicted octanol–water partition coefficient (Wildman–Crippen LogP) is 5.41. The van der Waals surface area contributed by atoms with Crippen LogP contribution in [0.3, 0.4) is 0 Å². The van der Waals surface area contributed by atoms with Crippen molar-refractivity contribution in [2.75, 3.05) is 6.54 Å². The van der Waals surface area contributed by atoms with Crippen molar-refractivity contribution >= 4 is 34.4 Å². The minimum Gasteiger partial charge on any atom is -0.478 e. The highest BCUT2D eigenvalue weighted by Gasteiger charge is 2.25. The van der Waals surface area contributed by atoms with Crippen LogP contribution in [0.2, 0.25) is 0 Å². The Hall–Kier alpha value is -4.78. The molecule has 0 aliphatic heterocycles. The van der Waals surface area contributed by atoms with Gasteiger partial charge in [0, 0.05) is 34.9 Å². The van der Waals surface area contributed by atoms with Crippen LogP contribution in [-0.4, -0.2) is 40.4 Å². The largest absolute Gasteiger partial charge is 0.478 e. The fourth-order valence-electron chi connectivity index (χ4n) is 4.57. The first-order valence-corrected chi connectivity index (χ1v) is 12.3. The second-order valence-electron chi connectivity index (χ2n) is 8.94. The van der Waals surface area contributed by atoms with E-state index >= 15 is 0 Å². The van der Waals surface area contributed by atoms with Crippen molar-refractivity contribution in [2.45, 2.75) is 25.7 Å². The number of carbonyl (C=O) groups excluding carboxylic acids is 2. The van der Waals surface area contributed by atoms with Crippen molar-refractivity contribution in [3.63, 3.8) is 0 Å². The highest BCUT2D eigenvalue weighted by atomic mass is 16.4. The first-order chi connectivity index (χ1) is 18.4. The van der Waals surface area contributed by atoms with E-state index in [0.717, 1.165) is 11.1 Å². The van der Waals surface area contributed by atoms with Gasteiger partial charge < -0.3 is 15.5 Å². The molecule has 4 rings (SSSR count). The Morgan fingerprint density at radius 2 is 1.05 bits per heavy atom. The smallest absolute Gasteiger partial charge is 0.336 e. The fourth-order valence-corrected chi connectivity index (χ4v) is 4.57. The number of ketones is 1. The van der Waals surface area contributed by atoms with Crippen LogP contribution in [0.25, 0.3) is 10.8 Å². The molecule has 0 aliphatic carbocycles. The van der Waals surface area contributed by atoms with Gasteiger partial charge in [-0.25, -0.2) is 9.59 Å². The Labute approximate surface area is 219 Å². The molecule has 192 valence electrons. The van der Waals surface area contributed by atoms with Gasteiger partial charge in [-0.1, -0.05) is 60.7 Å². The minimum absolute atomic E-state index is 0.00870. The topological polar surface area (TPSA) is 121 Å². The lowest BCUT2D eigenvalue weighted by Gasteiger charge is -2.15. The summed E-state index contributed by atoms with van der Waals surface area (Å²) in [6.07, 6.45) is 1.91. The Morgan fingerprint density at radius 1 is 0.579 bits per heavy atom. The van der Waals surface area contributed by atoms with Crippen molar-refractivity contribution < 1.29 is 29.4 Å². The second kappa shape index (κ2) is 12.0. The van der Waals surface area contributed by atoms with Gasteiger partial charge >= 0.3 is 11.9 Å². The number of amides is 1. The van der Waals surface area contributed by atoms with E-state index in [1.165, 1.54) is 24.3 Å². The molecule has 0 atom stereocenters. The van der Waals surface area contributed by atoms with Gasteiger partial charge in [-0.2, -0.15) is 0 Å². The standard InChI is InChI=1S/C31H27NO6/c33-26(13-7-12-20-8-3-1-4-9-20)22-14-16-25(31(37)38)28-23(15-17-24(27(22)28)30(35)36)29(34)32-19-18-21-10-5-2-6-11-21/h1-6,8-11,14-17H,7,12-13,18-19H2,(H,32,34)(H,35,36)(H,37,38). The van der Waals surface area contributed by atoms with Crippen molar-refractivity contribution in [3.05, 3.63) is 118 Å². The summed E-state index contributed by atoms with van der Waals surface area (Å²) in [5.41, 5.74) is 1.73. The van der Waals surface area contributed by atoms with E-state index in [0.29, 0.717) is 25.8 Å². The van der Waals surface area contributed by atoms with Crippen LogP contribution in [0.5, 0.6) is 0 Å². The summed E-state index contributed by atoms with van der Waals surface area (Å²) < 4.78 is 0. The monoisotopic (exact) mass is 509 g/mol. The summed E-state index contributed by atoms with van der Waals surface area (Å²) in [5, 5.41) is 22.5. The summed E-state index contributed by atoms with van der Waals surface area (Å²) in [5.74, 6) is -3.49. The molecule has 1 amide bonds. The average molecular weight is 510 g/mol. The van der Waals surface area contributed by atoms with E-state index in [-0.39, 0.29) is 45.2 Å². The molecule has 0 aromatic heterocycles. The van der Waals surface area contributed by atoms with Gasteiger partial charge in [-0.05, 0) is 54.7 Å². The van der Waals surface area contributed by atoms with Gasteiger partial charge in [0.2, 0.25) is 0 Å². The molecule has 0 saturated heterocycles. The number of nitrogens with one attached hydrogen (secondary N) is 1. The maximum Gasteiger partial charge on any atom is 0.336 e. The summed E-state index contributed by atoms with van der Waals surface area (Å²) in [7, 11) is 0. The number of aromatic carboxylic acids is 2. The zero-order valence-electron chi connectivity index (χ0n) is 20.6. The molecule has 0 aliphatic rings. The Bertz CT molecular complexity index is 1380. The lowest BCUT2D eigenvalue weighted by molar-refractivity contribution is 0.0686. The lowest BCUT2D eigenvalue weighted by Crippen LogP contribution is -2.26. The van der Waals surface area contributed by atoms with Crippen LogP contribution in [0.1, 0.15) is 65.4 Å². The molecule has 7 nitrogen and oxygen atoms in total.